The minimum absolute atomic E-state index is 0.0551. The van der Waals surface area contributed by atoms with Gasteiger partial charge >= 0.3 is 5.97 Å². The Balaban J connectivity index is 1.60. The highest BCUT2D eigenvalue weighted by Gasteiger charge is 2.28. The van der Waals surface area contributed by atoms with Crippen LogP contribution in [0.5, 0.6) is 0 Å². The van der Waals surface area contributed by atoms with Gasteiger partial charge in [0.05, 0.1) is 24.2 Å². The molecule has 1 aromatic carbocycles. The van der Waals surface area contributed by atoms with Crippen LogP contribution in [0.15, 0.2) is 18.2 Å². The highest BCUT2D eigenvalue weighted by atomic mass is 19.1. The average molecular weight is 321 g/mol. The van der Waals surface area contributed by atoms with Crippen LogP contribution in [0.2, 0.25) is 0 Å². The maximum absolute atomic E-state index is 13.1. The fourth-order valence-electron chi connectivity index (χ4n) is 2.56. The summed E-state index contributed by atoms with van der Waals surface area (Å²) < 4.78 is 18.2. The zero-order valence-electron chi connectivity index (χ0n) is 12.3. The molecule has 1 amide bonds. The summed E-state index contributed by atoms with van der Waals surface area (Å²) in [5, 5.41) is 8.94. The number of carbonyl (C=O) groups is 2. The Kier molecular flexibility index (Phi) is 4.24. The van der Waals surface area contributed by atoms with Crippen molar-refractivity contribution in [3.8, 4) is 0 Å². The molecule has 2 N–H and O–H groups in total. The van der Waals surface area contributed by atoms with Gasteiger partial charge in [0.1, 0.15) is 11.6 Å². The number of aryl methyl sites for hydroxylation is 1. The molecule has 0 unspecified atom stereocenters. The van der Waals surface area contributed by atoms with E-state index in [1.165, 1.54) is 17.0 Å². The van der Waals surface area contributed by atoms with Crippen molar-refractivity contribution in [2.24, 2.45) is 0 Å². The van der Waals surface area contributed by atoms with Crippen molar-refractivity contribution in [2.75, 3.05) is 19.7 Å². The number of halogens is 1. The van der Waals surface area contributed by atoms with Gasteiger partial charge in [-0.15, -0.1) is 0 Å². The summed E-state index contributed by atoms with van der Waals surface area (Å²) >= 11 is 0. The van der Waals surface area contributed by atoms with Crippen LogP contribution in [0.1, 0.15) is 12.2 Å². The van der Waals surface area contributed by atoms with Gasteiger partial charge < -0.3 is 19.7 Å². The van der Waals surface area contributed by atoms with Gasteiger partial charge in [-0.25, -0.2) is 14.2 Å². The summed E-state index contributed by atoms with van der Waals surface area (Å²) in [7, 11) is 0. The molecular formula is C15H16FN3O4. The second-order valence-corrected chi connectivity index (χ2v) is 5.38. The van der Waals surface area contributed by atoms with E-state index in [0.29, 0.717) is 29.8 Å². The first-order valence-corrected chi connectivity index (χ1v) is 7.29. The smallest absolute Gasteiger partial charge is 0.334 e. The Bertz CT molecular complexity index is 745. The number of carboxylic acids is 1. The number of aromatic nitrogens is 2. The molecule has 0 spiro atoms. The Morgan fingerprint density at radius 1 is 1.48 bits per heavy atom. The number of fused-ring (bicyclic) bond motifs is 1. The number of morpholine rings is 1. The standard InChI is InChI=1S/C15H16FN3O4/c16-9-1-2-10-11(7-9)18-13(17-10)3-4-14(20)19-5-6-23-12(8-19)15(21)22/h1-2,7,12H,3-6,8H2,(H,17,18)(H,21,22)/t12-/m1/s1. The Labute approximate surface area is 131 Å². The molecule has 1 fully saturated rings. The number of amides is 1. The van der Waals surface area contributed by atoms with E-state index in [4.69, 9.17) is 9.84 Å². The molecule has 0 bridgehead atoms. The van der Waals surface area contributed by atoms with Crippen LogP contribution in [-0.2, 0) is 20.7 Å². The first kappa shape index (κ1) is 15.4. The lowest BCUT2D eigenvalue weighted by Crippen LogP contribution is -2.48. The summed E-state index contributed by atoms with van der Waals surface area (Å²) in [6, 6.07) is 4.26. The number of carbonyl (C=O) groups excluding carboxylic acids is 1. The Morgan fingerprint density at radius 3 is 3.09 bits per heavy atom. The fourth-order valence-corrected chi connectivity index (χ4v) is 2.56. The Morgan fingerprint density at radius 2 is 2.30 bits per heavy atom. The van der Waals surface area contributed by atoms with Gasteiger partial charge in [-0.2, -0.15) is 0 Å². The van der Waals surface area contributed by atoms with Crippen molar-refractivity contribution in [1.29, 1.82) is 0 Å². The number of aliphatic carboxylic acids is 1. The van der Waals surface area contributed by atoms with E-state index >= 15 is 0 Å². The van der Waals surface area contributed by atoms with Crippen LogP contribution in [0.3, 0.4) is 0 Å². The summed E-state index contributed by atoms with van der Waals surface area (Å²) in [6.45, 7) is 0.653. The van der Waals surface area contributed by atoms with Crippen molar-refractivity contribution < 1.29 is 23.8 Å². The number of H-pyrrole nitrogens is 1. The molecule has 0 radical (unpaired) electrons. The molecule has 1 aliphatic rings. The fraction of sp³-hybridized carbons (Fsp3) is 0.400. The number of rotatable bonds is 4. The topological polar surface area (TPSA) is 95.5 Å². The van der Waals surface area contributed by atoms with Gasteiger partial charge in [0, 0.05) is 19.4 Å². The number of nitrogens with zero attached hydrogens (tertiary/aromatic N) is 2. The molecule has 0 saturated carbocycles. The van der Waals surface area contributed by atoms with Crippen molar-refractivity contribution in [1.82, 2.24) is 14.9 Å². The molecule has 1 saturated heterocycles. The highest BCUT2D eigenvalue weighted by Crippen LogP contribution is 2.14. The average Bonchev–Trinajstić information content (AvgIpc) is 2.94. The van der Waals surface area contributed by atoms with Gasteiger partial charge in [0.2, 0.25) is 5.91 Å². The van der Waals surface area contributed by atoms with Gasteiger partial charge in [-0.05, 0) is 18.2 Å². The zero-order chi connectivity index (χ0) is 16.4. The maximum atomic E-state index is 13.1. The molecule has 2 heterocycles. The van der Waals surface area contributed by atoms with Crippen molar-refractivity contribution in [2.45, 2.75) is 18.9 Å². The van der Waals surface area contributed by atoms with Gasteiger partial charge in [0.25, 0.3) is 0 Å². The van der Waals surface area contributed by atoms with Gasteiger partial charge in [0.15, 0.2) is 6.10 Å². The number of ether oxygens (including phenoxy) is 1. The molecule has 7 nitrogen and oxygen atoms in total. The molecule has 122 valence electrons. The molecule has 1 atom stereocenters. The number of imidazole rings is 1. The van der Waals surface area contributed by atoms with E-state index in [0.717, 1.165) is 0 Å². The van der Waals surface area contributed by atoms with Crippen molar-refractivity contribution >= 4 is 22.9 Å². The van der Waals surface area contributed by atoms with Gasteiger partial charge in [-0.3, -0.25) is 4.79 Å². The lowest BCUT2D eigenvalue weighted by molar-refractivity contribution is -0.159. The third kappa shape index (κ3) is 3.48. The summed E-state index contributed by atoms with van der Waals surface area (Å²) in [4.78, 5) is 31.9. The number of aromatic amines is 1. The minimum atomic E-state index is -1.07. The Hall–Kier alpha value is -2.48. The summed E-state index contributed by atoms with van der Waals surface area (Å²) in [5.74, 6) is -0.966. The van der Waals surface area contributed by atoms with Crippen molar-refractivity contribution in [3.63, 3.8) is 0 Å². The van der Waals surface area contributed by atoms with Crippen LogP contribution < -0.4 is 0 Å². The first-order valence-electron chi connectivity index (χ1n) is 7.29. The summed E-state index contributed by atoms with van der Waals surface area (Å²) in [6.07, 6.45) is -0.388. The lowest BCUT2D eigenvalue weighted by atomic mass is 10.2. The van der Waals surface area contributed by atoms with E-state index in [1.807, 2.05) is 0 Å². The van der Waals surface area contributed by atoms with Crippen LogP contribution >= 0.6 is 0 Å². The second kappa shape index (κ2) is 6.33. The highest BCUT2D eigenvalue weighted by molar-refractivity contribution is 5.79. The SMILES string of the molecule is O=C(O)[C@H]1CN(C(=O)CCc2nc3ccc(F)cc3[nH]2)CCO1. The quantitative estimate of drug-likeness (QED) is 0.874. The van der Waals surface area contributed by atoms with Crippen LogP contribution in [-0.4, -0.2) is 57.7 Å². The molecule has 3 rings (SSSR count). The first-order chi connectivity index (χ1) is 11.0. The minimum Gasteiger partial charge on any atom is -0.479 e. The molecular weight excluding hydrogens is 305 g/mol. The van der Waals surface area contributed by atoms with Crippen molar-refractivity contribution in [3.05, 3.63) is 29.8 Å². The number of nitrogens with one attached hydrogen (secondary N) is 1. The zero-order valence-corrected chi connectivity index (χ0v) is 12.3. The van der Waals surface area contributed by atoms with E-state index < -0.39 is 12.1 Å². The van der Waals surface area contributed by atoms with E-state index in [2.05, 4.69) is 9.97 Å². The number of benzene rings is 1. The molecule has 1 aromatic heterocycles. The molecule has 23 heavy (non-hydrogen) atoms. The van der Waals surface area contributed by atoms with Gasteiger partial charge in [-0.1, -0.05) is 0 Å². The molecule has 0 aliphatic carbocycles. The number of hydrogen-bond donors (Lipinski definition) is 2. The number of carboxylic acid groups (broad SMARTS) is 1. The molecule has 1 aliphatic heterocycles. The monoisotopic (exact) mass is 321 g/mol. The second-order valence-electron chi connectivity index (χ2n) is 5.38. The maximum Gasteiger partial charge on any atom is 0.334 e. The normalized spacial score (nSPS) is 18.3. The predicted octanol–water partition coefficient (Wildman–Crippen LogP) is 0.947. The third-order valence-corrected chi connectivity index (χ3v) is 3.76. The third-order valence-electron chi connectivity index (χ3n) is 3.76. The predicted molar refractivity (Wildman–Crippen MR) is 78.3 cm³/mol. The molecule has 2 aromatic rings. The largest absolute Gasteiger partial charge is 0.479 e. The van der Waals surface area contributed by atoms with E-state index in [9.17, 15) is 14.0 Å². The lowest BCUT2D eigenvalue weighted by Gasteiger charge is -2.30. The summed E-state index contributed by atoms with van der Waals surface area (Å²) in [5.41, 5.74) is 1.23. The van der Waals surface area contributed by atoms with Crippen LogP contribution in [0.4, 0.5) is 4.39 Å². The molecule has 8 heteroatoms. The van der Waals surface area contributed by atoms with E-state index in [1.54, 1.807) is 6.07 Å². The van der Waals surface area contributed by atoms with Crippen LogP contribution in [0, 0.1) is 5.82 Å². The van der Waals surface area contributed by atoms with Crippen LogP contribution in [0.25, 0.3) is 11.0 Å². The van der Waals surface area contributed by atoms with E-state index in [-0.39, 0.29) is 31.3 Å². The number of hydrogen-bond acceptors (Lipinski definition) is 4.